The number of esters is 1. The Labute approximate surface area is 410 Å². The summed E-state index contributed by atoms with van der Waals surface area (Å²) in [6, 6.07) is 6.88. The topological polar surface area (TPSA) is 262 Å². The number of ketones is 2. The Kier molecular flexibility index (Phi) is 19.3. The number of nitrogens with one attached hydrogen (secondary N) is 1. The van der Waals surface area contributed by atoms with E-state index in [-0.39, 0.29) is 105 Å². The van der Waals surface area contributed by atoms with Crippen molar-refractivity contribution in [1.29, 1.82) is 0 Å². The molecule has 5 rings (SSSR count). The molecular weight excluding hydrogens is 919 g/mol. The largest absolute Gasteiger partial charge is 0.543 e. The molecule has 1 aromatic carbocycles. The number of cyclic esters (lactones) is 1. The summed E-state index contributed by atoms with van der Waals surface area (Å²) in [7, 11) is -2.14. The van der Waals surface area contributed by atoms with Crippen LogP contribution in [0.3, 0.4) is 0 Å². The number of fused-ring (bicyclic) bond motifs is 5. The predicted octanol–water partition coefficient (Wildman–Crippen LogP) is 7.72. The highest BCUT2D eigenvalue weighted by Gasteiger charge is 2.51. The molecule has 2 aliphatic heterocycles. The van der Waals surface area contributed by atoms with Crippen LogP contribution in [0.15, 0.2) is 34.2 Å². The number of amides is 1. The summed E-state index contributed by atoms with van der Waals surface area (Å²) in [6.45, 7) is 18.5. The fourth-order valence-electron chi connectivity index (χ4n) is 8.41. The van der Waals surface area contributed by atoms with Gasteiger partial charge in [0.05, 0.1) is 41.7 Å². The lowest BCUT2D eigenvalue weighted by Gasteiger charge is -2.36. The van der Waals surface area contributed by atoms with Crippen LogP contribution in [0, 0.1) is 11.8 Å². The summed E-state index contributed by atoms with van der Waals surface area (Å²) < 4.78 is 36.1. The number of hydrogen-bond acceptors (Lipinski definition) is 15. The number of carbonyl (C=O) groups excluding carboxylic acids is 5. The average Bonchev–Trinajstić information content (AvgIpc) is 3.67. The normalized spacial score (nSPS) is 16.1. The van der Waals surface area contributed by atoms with E-state index in [4.69, 9.17) is 44.4 Å². The zero-order chi connectivity index (χ0) is 51.4. The van der Waals surface area contributed by atoms with Crippen LogP contribution >= 0.6 is 0 Å². The number of ether oxygens (including phenoxy) is 5. The standard InChI is InChI=1S/C50H71N7O12Si/c1-10-36-37-24-35(69-70(8,9)49(5,6)7)17-18-41(37)54-44-38(36)26-57-43(44)25-40-39(46(57)61)29-66-47(62)50(40,11-2)68-48(63)67-30-42(31(3)4)55-45(60)32(15-12-13-19-51)23-34(59)28-65-27-33(58)16-14-21-64-22-20-53-56-52/h17-18,24-25,31-32,42H,10-16,19-23,26-30,51H2,1-9H3,(H,55,60). The number of aromatic nitrogens is 2. The Hall–Kier alpha value is -5.66. The zero-order valence-corrected chi connectivity index (χ0v) is 43.3. The van der Waals surface area contributed by atoms with Crippen molar-refractivity contribution in [3.63, 3.8) is 0 Å². The minimum atomic E-state index is -2.14. The molecule has 0 bridgehead atoms. The van der Waals surface area contributed by atoms with E-state index in [9.17, 15) is 28.8 Å². The molecule has 3 N–H and O–H groups in total. The summed E-state index contributed by atoms with van der Waals surface area (Å²) in [6.07, 6.45) is 1.42. The Morgan fingerprint density at radius 2 is 1.77 bits per heavy atom. The third-order valence-corrected chi connectivity index (χ3v) is 17.9. The van der Waals surface area contributed by atoms with Gasteiger partial charge >= 0.3 is 12.1 Å². The van der Waals surface area contributed by atoms with E-state index in [1.165, 1.54) is 0 Å². The molecule has 4 heterocycles. The molecule has 70 heavy (non-hydrogen) atoms. The zero-order valence-electron chi connectivity index (χ0n) is 42.3. The van der Waals surface area contributed by atoms with Crippen molar-refractivity contribution >= 4 is 48.8 Å². The predicted molar refractivity (Wildman–Crippen MR) is 265 cm³/mol. The average molecular weight is 990 g/mol. The molecule has 0 aliphatic carbocycles. The molecule has 1 amide bonds. The first-order chi connectivity index (χ1) is 33.2. The Morgan fingerprint density at radius 1 is 1.03 bits per heavy atom. The van der Waals surface area contributed by atoms with Gasteiger partial charge in [0.25, 0.3) is 5.56 Å². The minimum Gasteiger partial charge on any atom is -0.543 e. The number of nitrogens with two attached hydrogens (primary N) is 1. The lowest BCUT2D eigenvalue weighted by atomic mass is 9.85. The van der Waals surface area contributed by atoms with Gasteiger partial charge in [-0.2, -0.15) is 0 Å². The van der Waals surface area contributed by atoms with Crippen LogP contribution in [-0.4, -0.2) is 99.6 Å². The van der Waals surface area contributed by atoms with Crippen LogP contribution in [0.25, 0.3) is 32.7 Å². The van der Waals surface area contributed by atoms with Gasteiger partial charge in [0.15, 0.2) is 11.6 Å². The van der Waals surface area contributed by atoms with Gasteiger partial charge in [-0.25, -0.2) is 14.6 Å². The van der Waals surface area contributed by atoms with E-state index in [1.807, 2.05) is 32.0 Å². The SMILES string of the molecule is CCc1c2c(nc3ccc(O[Si](C)(C)C(C)(C)C)cc13)-c1cc3c(c(=O)n1C2)COC(=O)C3(CC)OC(=O)OCC(NC(=O)C(CCCCN)CC(=O)COCC(=O)CCCOCCN=[N+]=[N-])C(C)C. The van der Waals surface area contributed by atoms with E-state index in [0.717, 1.165) is 27.8 Å². The maximum atomic E-state index is 14.4. The number of rotatable bonds is 27. The van der Waals surface area contributed by atoms with Gasteiger partial charge < -0.3 is 43.7 Å². The Morgan fingerprint density at radius 3 is 2.44 bits per heavy atom. The van der Waals surface area contributed by atoms with E-state index in [2.05, 4.69) is 56.1 Å². The minimum absolute atomic E-state index is 0.000479. The molecular formula is C50H71N7O12Si. The second-order valence-electron chi connectivity index (χ2n) is 19.8. The molecule has 0 fully saturated rings. The highest BCUT2D eigenvalue weighted by atomic mass is 28.4. The fraction of sp³-hybridized carbons (Fsp3) is 0.620. The lowest BCUT2D eigenvalue weighted by molar-refractivity contribution is -0.175. The van der Waals surface area contributed by atoms with E-state index in [0.29, 0.717) is 56.6 Å². The number of azide groups is 1. The number of Topliss-reactive ketones (excluding diaryl/α,β-unsaturated/α-hetero) is 2. The van der Waals surface area contributed by atoms with Gasteiger partial charge in [0, 0.05) is 53.3 Å². The number of benzene rings is 1. The molecule has 0 spiro atoms. The van der Waals surface area contributed by atoms with Crippen molar-refractivity contribution in [2.45, 2.75) is 143 Å². The highest BCUT2D eigenvalue weighted by Crippen LogP contribution is 2.43. The van der Waals surface area contributed by atoms with Gasteiger partial charge in [-0.05, 0) is 98.1 Å². The summed E-state index contributed by atoms with van der Waals surface area (Å²) in [5.41, 5.74) is 15.7. The molecule has 20 heteroatoms. The Bertz CT molecular complexity index is 2520. The maximum Gasteiger partial charge on any atom is 0.509 e. The molecule has 0 saturated carbocycles. The molecule has 2 aliphatic rings. The van der Waals surface area contributed by atoms with Crippen LogP contribution < -0.4 is 21.0 Å². The van der Waals surface area contributed by atoms with Gasteiger partial charge in [-0.3, -0.25) is 19.2 Å². The van der Waals surface area contributed by atoms with E-state index in [1.54, 1.807) is 17.6 Å². The molecule has 3 unspecified atom stereocenters. The second-order valence-corrected chi connectivity index (χ2v) is 24.6. The quantitative estimate of drug-likeness (QED) is 0.0145. The van der Waals surface area contributed by atoms with Crippen molar-refractivity contribution in [2.24, 2.45) is 22.7 Å². The maximum absolute atomic E-state index is 14.4. The molecule has 3 aromatic rings. The van der Waals surface area contributed by atoms with Gasteiger partial charge in [-0.15, -0.1) is 0 Å². The monoisotopic (exact) mass is 989 g/mol. The second kappa shape index (κ2) is 24.4. The summed E-state index contributed by atoms with van der Waals surface area (Å²) in [4.78, 5) is 88.6. The molecule has 3 atom stereocenters. The van der Waals surface area contributed by atoms with Crippen LogP contribution in [0.2, 0.25) is 18.1 Å². The molecule has 0 radical (unpaired) electrons. The van der Waals surface area contributed by atoms with Gasteiger partial charge in [0.1, 0.15) is 32.2 Å². The van der Waals surface area contributed by atoms with Crippen molar-refractivity contribution in [2.75, 3.05) is 46.1 Å². The Balaban J connectivity index is 1.28. The van der Waals surface area contributed by atoms with E-state index >= 15 is 0 Å². The summed E-state index contributed by atoms with van der Waals surface area (Å²) >= 11 is 0. The van der Waals surface area contributed by atoms with Gasteiger partial charge in [-0.1, -0.05) is 60.0 Å². The van der Waals surface area contributed by atoms with Crippen LogP contribution in [0.5, 0.6) is 5.75 Å². The van der Waals surface area contributed by atoms with Crippen molar-refractivity contribution in [3.05, 3.63) is 67.3 Å². The number of unbranched alkanes of at least 4 members (excludes halogenated alkanes) is 1. The first kappa shape index (κ1) is 55.3. The third-order valence-electron chi connectivity index (χ3n) is 13.6. The van der Waals surface area contributed by atoms with Crippen molar-refractivity contribution < 1.29 is 52.1 Å². The third kappa shape index (κ3) is 13.2. The lowest BCUT2D eigenvalue weighted by Crippen LogP contribution is -2.48. The number of nitrogens with zero attached hydrogens (tertiary/aromatic N) is 5. The fourth-order valence-corrected chi connectivity index (χ4v) is 9.44. The first-order valence-electron chi connectivity index (χ1n) is 24.4. The molecule has 0 saturated heterocycles. The van der Waals surface area contributed by atoms with Crippen LogP contribution in [0.1, 0.15) is 116 Å². The van der Waals surface area contributed by atoms with Crippen molar-refractivity contribution in [1.82, 2.24) is 14.9 Å². The number of aryl methyl sites for hydroxylation is 1. The van der Waals surface area contributed by atoms with E-state index < -0.39 is 43.9 Å². The van der Waals surface area contributed by atoms with Crippen LogP contribution in [-0.2, 0) is 68.0 Å². The number of hydrogen-bond donors (Lipinski definition) is 2. The van der Waals surface area contributed by atoms with Gasteiger partial charge in [0.2, 0.25) is 19.8 Å². The molecule has 19 nitrogen and oxygen atoms in total. The smallest absolute Gasteiger partial charge is 0.509 e. The van der Waals surface area contributed by atoms with Crippen LogP contribution in [0.4, 0.5) is 4.79 Å². The number of pyridine rings is 2. The summed E-state index contributed by atoms with van der Waals surface area (Å²) in [5.74, 6) is -2.09. The van der Waals surface area contributed by atoms with Crippen molar-refractivity contribution in [3.8, 4) is 17.1 Å². The first-order valence-corrected chi connectivity index (χ1v) is 27.3. The number of carbonyl (C=O) groups is 5. The highest BCUT2D eigenvalue weighted by molar-refractivity contribution is 6.74. The molecule has 382 valence electrons. The molecule has 2 aromatic heterocycles. The summed E-state index contributed by atoms with van der Waals surface area (Å²) in [5, 5.41) is 7.24.